The number of aryl methyl sites for hydroxylation is 1. The lowest BCUT2D eigenvalue weighted by Gasteiger charge is -2.28. The number of halogens is 1. The first-order valence-electron chi connectivity index (χ1n) is 8.13. The quantitative estimate of drug-likeness (QED) is 0.868. The first-order chi connectivity index (χ1) is 10.1. The van der Waals surface area contributed by atoms with Crippen molar-refractivity contribution in [2.75, 3.05) is 13.1 Å². The summed E-state index contributed by atoms with van der Waals surface area (Å²) in [5.41, 5.74) is 2.42. The van der Waals surface area contributed by atoms with Crippen molar-refractivity contribution in [3.63, 3.8) is 0 Å². The Balaban J connectivity index is 0.00000242. The van der Waals surface area contributed by atoms with E-state index in [9.17, 15) is 4.79 Å². The molecule has 0 bridgehead atoms. The summed E-state index contributed by atoms with van der Waals surface area (Å²) < 4.78 is 0. The number of nitrogens with one attached hydrogen (secondary N) is 2. The van der Waals surface area contributed by atoms with E-state index >= 15 is 0 Å². The second kappa shape index (κ2) is 9.16. The van der Waals surface area contributed by atoms with Crippen LogP contribution in [0.1, 0.15) is 50.3 Å². The highest BCUT2D eigenvalue weighted by atomic mass is 35.5. The highest BCUT2D eigenvalue weighted by molar-refractivity contribution is 5.85. The Morgan fingerprint density at radius 3 is 2.41 bits per heavy atom. The highest BCUT2D eigenvalue weighted by Gasteiger charge is 2.22. The molecule has 2 rings (SSSR count). The number of hydrogen-bond donors (Lipinski definition) is 2. The molecule has 0 saturated carbocycles. The molecule has 124 valence electrons. The van der Waals surface area contributed by atoms with E-state index in [0.29, 0.717) is 18.3 Å². The molecule has 0 aromatic heterocycles. The fourth-order valence-corrected chi connectivity index (χ4v) is 3.11. The zero-order valence-electron chi connectivity index (χ0n) is 13.9. The third-order valence-corrected chi connectivity index (χ3v) is 4.65. The van der Waals surface area contributed by atoms with Gasteiger partial charge >= 0.3 is 0 Å². The maximum atomic E-state index is 12.2. The molecule has 1 saturated heterocycles. The van der Waals surface area contributed by atoms with Crippen LogP contribution in [-0.4, -0.2) is 19.0 Å². The van der Waals surface area contributed by atoms with Gasteiger partial charge in [-0.15, -0.1) is 12.4 Å². The Bertz CT molecular complexity index is 455. The SMILES string of the molecule is Cc1ccc(C(C)NC(=O)CC(C)C2CCNCC2)cc1.Cl. The van der Waals surface area contributed by atoms with Crippen LogP contribution < -0.4 is 10.6 Å². The number of hydrogen-bond acceptors (Lipinski definition) is 2. The largest absolute Gasteiger partial charge is 0.350 e. The molecule has 1 heterocycles. The lowest BCUT2D eigenvalue weighted by molar-refractivity contribution is -0.123. The van der Waals surface area contributed by atoms with E-state index in [1.165, 1.54) is 24.0 Å². The predicted octanol–water partition coefficient (Wildman–Crippen LogP) is 3.62. The van der Waals surface area contributed by atoms with Gasteiger partial charge < -0.3 is 10.6 Å². The molecule has 0 aliphatic carbocycles. The third kappa shape index (κ3) is 5.62. The van der Waals surface area contributed by atoms with Crippen LogP contribution in [0.4, 0.5) is 0 Å². The molecule has 4 heteroatoms. The first-order valence-corrected chi connectivity index (χ1v) is 8.13. The zero-order valence-corrected chi connectivity index (χ0v) is 14.7. The minimum absolute atomic E-state index is 0. The van der Waals surface area contributed by atoms with Gasteiger partial charge in [0.1, 0.15) is 0 Å². The molecule has 1 aromatic rings. The smallest absolute Gasteiger partial charge is 0.220 e. The fraction of sp³-hybridized carbons (Fsp3) is 0.611. The van der Waals surface area contributed by atoms with E-state index in [2.05, 4.69) is 55.7 Å². The summed E-state index contributed by atoms with van der Waals surface area (Å²) >= 11 is 0. The van der Waals surface area contributed by atoms with Crippen LogP contribution in [0.15, 0.2) is 24.3 Å². The summed E-state index contributed by atoms with van der Waals surface area (Å²) in [6.07, 6.45) is 3.03. The van der Waals surface area contributed by atoms with Crippen molar-refractivity contribution in [2.45, 2.75) is 46.1 Å². The Hall–Kier alpha value is -1.06. The van der Waals surface area contributed by atoms with Crippen molar-refractivity contribution in [2.24, 2.45) is 11.8 Å². The Labute approximate surface area is 140 Å². The summed E-state index contributed by atoms with van der Waals surface area (Å²) in [7, 11) is 0. The van der Waals surface area contributed by atoms with Crippen LogP contribution in [0.2, 0.25) is 0 Å². The minimum atomic E-state index is 0. The van der Waals surface area contributed by atoms with Gasteiger partial charge in [-0.3, -0.25) is 4.79 Å². The van der Waals surface area contributed by atoms with Gasteiger partial charge in [0, 0.05) is 6.42 Å². The van der Waals surface area contributed by atoms with Crippen molar-refractivity contribution in [1.29, 1.82) is 0 Å². The maximum absolute atomic E-state index is 12.2. The van der Waals surface area contributed by atoms with E-state index in [1.807, 2.05) is 0 Å². The van der Waals surface area contributed by atoms with E-state index in [1.54, 1.807) is 0 Å². The van der Waals surface area contributed by atoms with Crippen molar-refractivity contribution in [1.82, 2.24) is 10.6 Å². The summed E-state index contributed by atoms with van der Waals surface area (Å²) in [4.78, 5) is 12.2. The van der Waals surface area contributed by atoms with E-state index in [4.69, 9.17) is 0 Å². The Morgan fingerprint density at radius 2 is 1.82 bits per heavy atom. The molecule has 0 radical (unpaired) electrons. The molecule has 1 aromatic carbocycles. The average Bonchev–Trinajstić information content (AvgIpc) is 2.48. The molecule has 1 amide bonds. The minimum Gasteiger partial charge on any atom is -0.350 e. The van der Waals surface area contributed by atoms with E-state index in [-0.39, 0.29) is 24.4 Å². The fourth-order valence-electron chi connectivity index (χ4n) is 3.11. The van der Waals surface area contributed by atoms with Crippen molar-refractivity contribution in [3.05, 3.63) is 35.4 Å². The lowest BCUT2D eigenvalue weighted by Crippen LogP contribution is -2.34. The number of amides is 1. The molecule has 22 heavy (non-hydrogen) atoms. The van der Waals surface area contributed by atoms with Crippen LogP contribution in [0.25, 0.3) is 0 Å². The standard InChI is InChI=1S/C18H28N2O.ClH/c1-13-4-6-17(7-5-13)15(3)20-18(21)12-14(2)16-8-10-19-11-9-16;/h4-7,14-16,19H,8-12H2,1-3H3,(H,20,21);1H. The Morgan fingerprint density at radius 1 is 1.23 bits per heavy atom. The monoisotopic (exact) mass is 324 g/mol. The van der Waals surface area contributed by atoms with Gasteiger partial charge in [0.05, 0.1) is 6.04 Å². The lowest BCUT2D eigenvalue weighted by atomic mass is 9.84. The number of rotatable bonds is 5. The molecule has 2 unspecified atom stereocenters. The highest BCUT2D eigenvalue weighted by Crippen LogP contribution is 2.24. The second-order valence-electron chi connectivity index (χ2n) is 6.47. The van der Waals surface area contributed by atoms with Gasteiger partial charge in [0.25, 0.3) is 0 Å². The van der Waals surface area contributed by atoms with Crippen LogP contribution >= 0.6 is 12.4 Å². The maximum Gasteiger partial charge on any atom is 0.220 e. The molecule has 3 nitrogen and oxygen atoms in total. The number of carbonyl (C=O) groups excluding carboxylic acids is 1. The predicted molar refractivity (Wildman–Crippen MR) is 94.4 cm³/mol. The van der Waals surface area contributed by atoms with Crippen molar-refractivity contribution < 1.29 is 4.79 Å². The molecular formula is C18H29ClN2O. The summed E-state index contributed by atoms with van der Waals surface area (Å²) in [6.45, 7) is 8.53. The number of carbonyl (C=O) groups is 1. The third-order valence-electron chi connectivity index (χ3n) is 4.65. The molecule has 2 N–H and O–H groups in total. The van der Waals surface area contributed by atoms with Crippen LogP contribution in [0.5, 0.6) is 0 Å². The zero-order chi connectivity index (χ0) is 15.2. The summed E-state index contributed by atoms with van der Waals surface area (Å²) in [5, 5.41) is 6.51. The molecular weight excluding hydrogens is 296 g/mol. The summed E-state index contributed by atoms with van der Waals surface area (Å²) in [5.74, 6) is 1.33. The van der Waals surface area contributed by atoms with Crippen molar-refractivity contribution in [3.8, 4) is 0 Å². The number of piperidine rings is 1. The van der Waals surface area contributed by atoms with E-state index < -0.39 is 0 Å². The first kappa shape index (κ1) is 19.0. The van der Waals surface area contributed by atoms with Crippen molar-refractivity contribution >= 4 is 18.3 Å². The molecule has 1 aliphatic heterocycles. The van der Waals surface area contributed by atoms with Gasteiger partial charge in [0.2, 0.25) is 5.91 Å². The normalized spacial score (nSPS) is 18.1. The number of benzene rings is 1. The van der Waals surface area contributed by atoms with Gasteiger partial charge in [-0.2, -0.15) is 0 Å². The average molecular weight is 325 g/mol. The summed E-state index contributed by atoms with van der Waals surface area (Å²) in [6, 6.07) is 8.46. The van der Waals surface area contributed by atoms with Crippen LogP contribution in [-0.2, 0) is 4.79 Å². The Kier molecular flexibility index (Phi) is 7.91. The van der Waals surface area contributed by atoms with Gasteiger partial charge in [0.15, 0.2) is 0 Å². The van der Waals surface area contributed by atoms with Crippen LogP contribution in [0.3, 0.4) is 0 Å². The van der Waals surface area contributed by atoms with Gasteiger partial charge in [-0.1, -0.05) is 36.8 Å². The second-order valence-corrected chi connectivity index (χ2v) is 6.47. The van der Waals surface area contributed by atoms with Gasteiger partial charge in [-0.25, -0.2) is 0 Å². The van der Waals surface area contributed by atoms with E-state index in [0.717, 1.165) is 13.1 Å². The molecule has 2 atom stereocenters. The molecule has 1 aliphatic rings. The van der Waals surface area contributed by atoms with Gasteiger partial charge in [-0.05, 0) is 57.2 Å². The van der Waals surface area contributed by atoms with Crippen LogP contribution in [0, 0.1) is 18.8 Å². The molecule has 0 spiro atoms. The topological polar surface area (TPSA) is 41.1 Å². The molecule has 1 fully saturated rings.